The first-order chi connectivity index (χ1) is 10.7. The Morgan fingerprint density at radius 3 is 3.00 bits per heavy atom. The number of piperidine rings is 1. The molecule has 2 N–H and O–H groups in total. The molecule has 3 rings (SSSR count). The van der Waals surface area contributed by atoms with Crippen molar-refractivity contribution >= 4 is 29.2 Å². The Morgan fingerprint density at radius 1 is 1.39 bits per heavy atom. The Hall–Kier alpha value is -1.92. The van der Waals surface area contributed by atoms with Gasteiger partial charge in [-0.2, -0.15) is 5.10 Å². The van der Waals surface area contributed by atoms with E-state index in [9.17, 15) is 9.59 Å². The van der Waals surface area contributed by atoms with Gasteiger partial charge in [-0.1, -0.05) is 12.1 Å². The number of hydrogen-bond donors (Lipinski definition) is 2. The minimum Gasteiger partial charge on any atom is -0.352 e. The fourth-order valence-electron chi connectivity index (χ4n) is 2.82. The number of aryl methyl sites for hydroxylation is 1. The number of rotatable bonds is 4. The maximum atomic E-state index is 12.0. The fourth-order valence-corrected chi connectivity index (χ4v) is 2.82. The number of aromatic nitrogens is 2. The Balaban J connectivity index is 0.00000192. The van der Waals surface area contributed by atoms with Crippen molar-refractivity contribution in [3.05, 3.63) is 40.7 Å². The smallest absolute Gasteiger partial charge is 0.222 e. The zero-order valence-electron chi connectivity index (χ0n) is 12.8. The second-order valence-electron chi connectivity index (χ2n) is 5.61. The summed E-state index contributed by atoms with van der Waals surface area (Å²) in [7, 11) is 0. The molecule has 0 bridgehead atoms. The number of carbonyl (C=O) groups excluding carboxylic acids is 1. The number of amides is 1. The van der Waals surface area contributed by atoms with Crippen molar-refractivity contribution in [2.75, 3.05) is 13.1 Å². The van der Waals surface area contributed by atoms with Crippen LogP contribution in [0.3, 0.4) is 0 Å². The van der Waals surface area contributed by atoms with Crippen LogP contribution < -0.4 is 16.1 Å². The molecule has 2 heterocycles. The molecular formula is C16H21ClN4O2. The first kappa shape index (κ1) is 17.4. The highest BCUT2D eigenvalue weighted by Crippen LogP contribution is 2.08. The number of hydrogen-bond acceptors (Lipinski definition) is 4. The third-order valence-corrected chi connectivity index (χ3v) is 3.97. The highest BCUT2D eigenvalue weighted by atomic mass is 35.5. The molecule has 0 spiro atoms. The van der Waals surface area contributed by atoms with E-state index in [1.807, 2.05) is 18.2 Å². The van der Waals surface area contributed by atoms with Crippen LogP contribution in [0.2, 0.25) is 0 Å². The SMILES string of the molecule is Cl.O=C(CCn1ncc(=O)c2ccccc21)N[C@H]1CCCNC1. The molecule has 7 heteroatoms. The van der Waals surface area contributed by atoms with Crippen molar-refractivity contribution in [2.45, 2.75) is 31.8 Å². The van der Waals surface area contributed by atoms with Crippen molar-refractivity contribution in [2.24, 2.45) is 0 Å². The van der Waals surface area contributed by atoms with E-state index >= 15 is 0 Å². The average molecular weight is 337 g/mol. The highest BCUT2D eigenvalue weighted by molar-refractivity contribution is 5.85. The van der Waals surface area contributed by atoms with Crippen LogP contribution in [-0.4, -0.2) is 34.8 Å². The Labute approximate surface area is 140 Å². The number of nitrogens with one attached hydrogen (secondary N) is 2. The van der Waals surface area contributed by atoms with Gasteiger partial charge in [0.2, 0.25) is 11.3 Å². The molecule has 1 saturated heterocycles. The third kappa shape index (κ3) is 4.30. The lowest BCUT2D eigenvalue weighted by molar-refractivity contribution is -0.122. The van der Waals surface area contributed by atoms with E-state index in [0.29, 0.717) is 18.4 Å². The molecule has 23 heavy (non-hydrogen) atoms. The Bertz CT molecular complexity index is 725. The summed E-state index contributed by atoms with van der Waals surface area (Å²) in [6.07, 6.45) is 3.79. The topological polar surface area (TPSA) is 76.0 Å². The van der Waals surface area contributed by atoms with E-state index in [1.165, 1.54) is 6.20 Å². The third-order valence-electron chi connectivity index (χ3n) is 3.97. The second kappa shape index (κ2) is 8.08. The molecule has 0 aliphatic carbocycles. The van der Waals surface area contributed by atoms with Gasteiger partial charge < -0.3 is 10.6 Å². The molecule has 1 aliphatic rings. The highest BCUT2D eigenvalue weighted by Gasteiger charge is 2.15. The number of carbonyl (C=O) groups is 1. The normalized spacial score (nSPS) is 17.5. The van der Waals surface area contributed by atoms with E-state index in [2.05, 4.69) is 15.7 Å². The molecule has 1 amide bonds. The quantitative estimate of drug-likeness (QED) is 0.876. The molecule has 6 nitrogen and oxygen atoms in total. The molecule has 124 valence electrons. The minimum atomic E-state index is -0.0930. The second-order valence-corrected chi connectivity index (χ2v) is 5.61. The minimum absolute atomic E-state index is 0. The van der Waals surface area contributed by atoms with Gasteiger partial charge >= 0.3 is 0 Å². The zero-order chi connectivity index (χ0) is 15.4. The van der Waals surface area contributed by atoms with Gasteiger partial charge in [-0.15, -0.1) is 12.4 Å². The number of nitrogens with zero attached hydrogens (tertiary/aromatic N) is 2. The molecule has 0 radical (unpaired) electrons. The Kier molecular flexibility index (Phi) is 6.12. The van der Waals surface area contributed by atoms with Crippen molar-refractivity contribution in [1.82, 2.24) is 20.4 Å². The summed E-state index contributed by atoms with van der Waals surface area (Å²) in [5.74, 6) is 0.0262. The molecule has 1 fully saturated rings. The zero-order valence-corrected chi connectivity index (χ0v) is 13.6. The van der Waals surface area contributed by atoms with E-state index < -0.39 is 0 Å². The Morgan fingerprint density at radius 2 is 2.22 bits per heavy atom. The molecule has 1 aromatic heterocycles. The monoisotopic (exact) mass is 336 g/mol. The number of para-hydroxylation sites is 1. The van der Waals surface area contributed by atoms with Crippen LogP contribution in [0.25, 0.3) is 10.9 Å². The molecule has 1 aliphatic heterocycles. The van der Waals surface area contributed by atoms with Gasteiger partial charge in [0.1, 0.15) is 0 Å². The average Bonchev–Trinajstić information content (AvgIpc) is 2.55. The van der Waals surface area contributed by atoms with Crippen LogP contribution in [0, 0.1) is 0 Å². The number of benzene rings is 1. The predicted molar refractivity (Wildman–Crippen MR) is 91.9 cm³/mol. The molecular weight excluding hydrogens is 316 g/mol. The largest absolute Gasteiger partial charge is 0.352 e. The first-order valence-electron chi connectivity index (χ1n) is 7.69. The van der Waals surface area contributed by atoms with E-state index in [1.54, 1.807) is 10.7 Å². The summed E-state index contributed by atoms with van der Waals surface area (Å²) >= 11 is 0. The van der Waals surface area contributed by atoms with Gasteiger partial charge in [-0.05, 0) is 31.5 Å². The van der Waals surface area contributed by atoms with Crippen LogP contribution in [0.15, 0.2) is 35.3 Å². The summed E-state index contributed by atoms with van der Waals surface area (Å²) in [6, 6.07) is 7.56. The van der Waals surface area contributed by atoms with Crippen molar-refractivity contribution in [3.63, 3.8) is 0 Å². The molecule has 2 aromatic rings. The van der Waals surface area contributed by atoms with Crippen molar-refractivity contribution in [1.29, 1.82) is 0 Å². The van der Waals surface area contributed by atoms with Crippen molar-refractivity contribution < 1.29 is 4.79 Å². The van der Waals surface area contributed by atoms with Crippen LogP contribution in [-0.2, 0) is 11.3 Å². The van der Waals surface area contributed by atoms with Crippen LogP contribution in [0.4, 0.5) is 0 Å². The van der Waals surface area contributed by atoms with E-state index in [0.717, 1.165) is 31.4 Å². The van der Waals surface area contributed by atoms with Gasteiger partial charge in [0.15, 0.2) is 0 Å². The predicted octanol–water partition coefficient (Wildman–Crippen LogP) is 1.08. The summed E-state index contributed by atoms with van der Waals surface area (Å²) < 4.78 is 1.72. The van der Waals surface area contributed by atoms with Gasteiger partial charge in [-0.3, -0.25) is 14.3 Å². The van der Waals surface area contributed by atoms with Crippen LogP contribution >= 0.6 is 12.4 Å². The lowest BCUT2D eigenvalue weighted by Crippen LogP contribution is -2.45. The maximum absolute atomic E-state index is 12.0. The van der Waals surface area contributed by atoms with Gasteiger partial charge in [0.05, 0.1) is 18.3 Å². The molecule has 1 atom stereocenters. The number of fused-ring (bicyclic) bond motifs is 1. The molecule has 0 unspecified atom stereocenters. The van der Waals surface area contributed by atoms with Crippen molar-refractivity contribution in [3.8, 4) is 0 Å². The van der Waals surface area contributed by atoms with Crippen LogP contribution in [0.5, 0.6) is 0 Å². The summed E-state index contributed by atoms with van der Waals surface area (Å²) in [5, 5.41) is 11.1. The van der Waals surface area contributed by atoms with E-state index in [4.69, 9.17) is 0 Å². The summed E-state index contributed by atoms with van der Waals surface area (Å²) in [4.78, 5) is 23.8. The van der Waals surface area contributed by atoms with Crippen LogP contribution in [0.1, 0.15) is 19.3 Å². The summed E-state index contributed by atoms with van der Waals surface area (Å²) in [5.41, 5.74) is 0.673. The number of halogens is 1. The first-order valence-corrected chi connectivity index (χ1v) is 7.69. The molecule has 1 aromatic carbocycles. The lowest BCUT2D eigenvalue weighted by atomic mass is 10.1. The summed E-state index contributed by atoms with van der Waals surface area (Å²) in [6.45, 7) is 2.33. The van der Waals surface area contributed by atoms with E-state index in [-0.39, 0.29) is 29.8 Å². The lowest BCUT2D eigenvalue weighted by Gasteiger charge is -2.23. The standard InChI is InChI=1S/C16H20N4O2.ClH/c21-15-11-18-20(14-6-2-1-5-13(14)15)9-7-16(22)19-12-4-3-8-17-10-12;/h1-2,5-6,11-12,17H,3-4,7-10H2,(H,19,22);1H/t12-;/m0./s1. The molecule has 0 saturated carbocycles. The van der Waals surface area contributed by atoms with Gasteiger partial charge in [0, 0.05) is 24.4 Å². The fraction of sp³-hybridized carbons (Fsp3) is 0.438. The van der Waals surface area contributed by atoms with Gasteiger partial charge in [0.25, 0.3) is 0 Å². The maximum Gasteiger partial charge on any atom is 0.222 e. The van der Waals surface area contributed by atoms with Gasteiger partial charge in [-0.25, -0.2) is 0 Å².